The van der Waals surface area contributed by atoms with Crippen LogP contribution in [-0.2, 0) is 5.41 Å². The van der Waals surface area contributed by atoms with Gasteiger partial charge < -0.3 is 11.1 Å². The van der Waals surface area contributed by atoms with Crippen molar-refractivity contribution in [1.82, 2.24) is 10.3 Å². The summed E-state index contributed by atoms with van der Waals surface area (Å²) in [5.41, 5.74) is 7.29. The molecule has 1 heterocycles. The number of nitrogens with one attached hydrogen (secondary N) is 1. The van der Waals surface area contributed by atoms with Crippen LogP contribution < -0.4 is 11.1 Å². The average molecular weight is 249 g/mol. The monoisotopic (exact) mass is 249 g/mol. The molecule has 1 aliphatic carbocycles. The SMILES string of the molecule is CNC(=S)[C@]1(c2cccnc2)CCCC[C@H]1N. The van der Waals surface area contributed by atoms with Crippen LogP contribution in [0.5, 0.6) is 0 Å². The number of nitrogens with zero attached hydrogens (tertiary/aromatic N) is 1. The van der Waals surface area contributed by atoms with Crippen LogP contribution in [0.3, 0.4) is 0 Å². The molecule has 17 heavy (non-hydrogen) atoms. The maximum absolute atomic E-state index is 6.37. The molecule has 0 amide bonds. The molecule has 1 fully saturated rings. The molecule has 1 aliphatic rings. The summed E-state index contributed by atoms with van der Waals surface area (Å²) < 4.78 is 0. The quantitative estimate of drug-likeness (QED) is 0.784. The lowest BCUT2D eigenvalue weighted by Gasteiger charge is -2.43. The fraction of sp³-hybridized carbons (Fsp3) is 0.538. The van der Waals surface area contributed by atoms with Crippen molar-refractivity contribution in [2.75, 3.05) is 7.05 Å². The van der Waals surface area contributed by atoms with Crippen LogP contribution in [0, 0.1) is 0 Å². The summed E-state index contributed by atoms with van der Waals surface area (Å²) in [7, 11) is 1.88. The van der Waals surface area contributed by atoms with Gasteiger partial charge in [-0.3, -0.25) is 4.98 Å². The van der Waals surface area contributed by atoms with Gasteiger partial charge in [0.15, 0.2) is 0 Å². The summed E-state index contributed by atoms with van der Waals surface area (Å²) in [4.78, 5) is 5.06. The van der Waals surface area contributed by atoms with Gasteiger partial charge in [-0.2, -0.15) is 0 Å². The summed E-state index contributed by atoms with van der Waals surface area (Å²) in [6.07, 6.45) is 8.08. The number of aromatic nitrogens is 1. The first kappa shape index (κ1) is 12.5. The molecule has 0 unspecified atom stereocenters. The molecule has 3 N–H and O–H groups in total. The summed E-state index contributed by atoms with van der Waals surface area (Å²) in [5, 5.41) is 3.13. The van der Waals surface area contributed by atoms with Gasteiger partial charge in [0.2, 0.25) is 0 Å². The second-order valence-electron chi connectivity index (χ2n) is 4.64. The Labute approximate surface area is 108 Å². The maximum Gasteiger partial charge on any atom is 0.0874 e. The van der Waals surface area contributed by atoms with Crippen LogP contribution in [0.4, 0.5) is 0 Å². The van der Waals surface area contributed by atoms with E-state index in [9.17, 15) is 0 Å². The molecular formula is C13H19N3S. The van der Waals surface area contributed by atoms with Gasteiger partial charge >= 0.3 is 0 Å². The van der Waals surface area contributed by atoms with Gasteiger partial charge in [-0.05, 0) is 24.5 Å². The Kier molecular flexibility index (Phi) is 3.74. The summed E-state index contributed by atoms with van der Waals surface area (Å²) in [6, 6.07) is 4.12. The number of thiocarbonyl (C=S) groups is 1. The van der Waals surface area contributed by atoms with E-state index in [2.05, 4.69) is 16.4 Å². The van der Waals surface area contributed by atoms with Crippen molar-refractivity contribution in [1.29, 1.82) is 0 Å². The van der Waals surface area contributed by atoms with Crippen LogP contribution >= 0.6 is 12.2 Å². The molecule has 0 radical (unpaired) electrons. The van der Waals surface area contributed by atoms with E-state index < -0.39 is 0 Å². The second kappa shape index (κ2) is 5.10. The summed E-state index contributed by atoms with van der Waals surface area (Å²) >= 11 is 5.53. The number of nitrogens with two attached hydrogens (primary N) is 1. The highest BCUT2D eigenvalue weighted by molar-refractivity contribution is 7.80. The van der Waals surface area contributed by atoms with Crippen LogP contribution in [0.25, 0.3) is 0 Å². The van der Waals surface area contributed by atoms with E-state index in [0.717, 1.165) is 23.4 Å². The highest BCUT2D eigenvalue weighted by Crippen LogP contribution is 2.39. The van der Waals surface area contributed by atoms with Crippen molar-refractivity contribution >= 4 is 17.2 Å². The number of hydrogen-bond acceptors (Lipinski definition) is 3. The first-order valence-electron chi connectivity index (χ1n) is 6.10. The molecule has 2 rings (SSSR count). The number of hydrogen-bond donors (Lipinski definition) is 2. The first-order chi connectivity index (χ1) is 8.21. The van der Waals surface area contributed by atoms with Gasteiger partial charge in [-0.25, -0.2) is 0 Å². The van der Waals surface area contributed by atoms with Crippen molar-refractivity contribution in [2.24, 2.45) is 5.73 Å². The van der Waals surface area contributed by atoms with E-state index in [1.54, 1.807) is 6.20 Å². The molecule has 1 saturated carbocycles. The number of likely N-dealkylation sites (N-methyl/N-ethyl adjacent to an activating group) is 1. The molecule has 4 heteroatoms. The number of pyridine rings is 1. The minimum absolute atomic E-state index is 0.0837. The standard InChI is InChI=1S/C13H19N3S/c1-15-12(17)13(7-3-2-6-11(13)14)10-5-4-8-16-9-10/h4-5,8-9,11H,2-3,6-7,14H2,1H3,(H,15,17)/t11-,13+/m1/s1. The van der Waals surface area contributed by atoms with Crippen LogP contribution in [0.1, 0.15) is 31.2 Å². The van der Waals surface area contributed by atoms with Gasteiger partial charge in [0.25, 0.3) is 0 Å². The Morgan fingerprint density at radius 3 is 3.00 bits per heavy atom. The third kappa shape index (κ3) is 2.07. The van der Waals surface area contributed by atoms with Crippen molar-refractivity contribution in [2.45, 2.75) is 37.1 Å². The molecule has 0 bridgehead atoms. The van der Waals surface area contributed by atoms with E-state index in [4.69, 9.17) is 18.0 Å². The van der Waals surface area contributed by atoms with E-state index >= 15 is 0 Å². The lowest BCUT2D eigenvalue weighted by molar-refractivity contribution is 0.325. The van der Waals surface area contributed by atoms with Gasteiger partial charge in [-0.15, -0.1) is 0 Å². The van der Waals surface area contributed by atoms with Crippen molar-refractivity contribution in [3.8, 4) is 0 Å². The lowest BCUT2D eigenvalue weighted by Crippen LogP contribution is -2.56. The zero-order chi connectivity index (χ0) is 12.3. The molecule has 2 atom stereocenters. The van der Waals surface area contributed by atoms with Crippen molar-refractivity contribution < 1.29 is 0 Å². The summed E-state index contributed by atoms with van der Waals surface area (Å²) in [6.45, 7) is 0. The Morgan fingerprint density at radius 2 is 2.41 bits per heavy atom. The van der Waals surface area contributed by atoms with E-state index in [1.165, 1.54) is 12.8 Å². The van der Waals surface area contributed by atoms with Crippen LogP contribution in [-0.4, -0.2) is 23.1 Å². The fourth-order valence-electron chi connectivity index (χ4n) is 2.82. The first-order valence-corrected chi connectivity index (χ1v) is 6.51. The van der Waals surface area contributed by atoms with Gasteiger partial charge in [-0.1, -0.05) is 31.1 Å². The average Bonchev–Trinajstić information content (AvgIpc) is 2.39. The maximum atomic E-state index is 6.37. The molecule has 0 saturated heterocycles. The smallest absolute Gasteiger partial charge is 0.0874 e. The highest BCUT2D eigenvalue weighted by Gasteiger charge is 2.43. The molecule has 0 spiro atoms. The lowest BCUT2D eigenvalue weighted by atomic mass is 9.66. The molecule has 1 aromatic rings. The number of rotatable bonds is 2. The molecule has 1 aromatic heterocycles. The predicted molar refractivity (Wildman–Crippen MR) is 74.0 cm³/mol. The molecule has 0 aromatic carbocycles. The third-order valence-electron chi connectivity index (χ3n) is 3.78. The summed E-state index contributed by atoms with van der Waals surface area (Å²) in [5.74, 6) is 0. The Balaban J connectivity index is 2.46. The minimum Gasteiger partial charge on any atom is -0.382 e. The van der Waals surface area contributed by atoms with Crippen molar-refractivity contribution in [3.63, 3.8) is 0 Å². The molecular weight excluding hydrogens is 230 g/mol. The minimum atomic E-state index is -0.226. The highest BCUT2D eigenvalue weighted by atomic mass is 32.1. The van der Waals surface area contributed by atoms with Gasteiger partial charge in [0.1, 0.15) is 0 Å². The normalized spacial score (nSPS) is 28.7. The van der Waals surface area contributed by atoms with Gasteiger partial charge in [0.05, 0.1) is 10.4 Å². The molecule has 0 aliphatic heterocycles. The van der Waals surface area contributed by atoms with Crippen LogP contribution in [0.15, 0.2) is 24.5 Å². The van der Waals surface area contributed by atoms with E-state index in [1.807, 2.05) is 19.3 Å². The topological polar surface area (TPSA) is 50.9 Å². The fourth-order valence-corrected chi connectivity index (χ4v) is 3.19. The Bertz CT molecular complexity index is 393. The zero-order valence-corrected chi connectivity index (χ0v) is 11.0. The third-order valence-corrected chi connectivity index (χ3v) is 4.35. The van der Waals surface area contributed by atoms with Gasteiger partial charge in [0, 0.05) is 25.5 Å². The van der Waals surface area contributed by atoms with E-state index in [-0.39, 0.29) is 11.5 Å². The Morgan fingerprint density at radius 1 is 1.59 bits per heavy atom. The Hall–Kier alpha value is -1.00. The predicted octanol–water partition coefficient (Wildman–Crippen LogP) is 1.77. The molecule has 3 nitrogen and oxygen atoms in total. The van der Waals surface area contributed by atoms with E-state index in [0.29, 0.717) is 0 Å². The van der Waals surface area contributed by atoms with Crippen molar-refractivity contribution in [3.05, 3.63) is 30.1 Å². The zero-order valence-electron chi connectivity index (χ0n) is 10.1. The largest absolute Gasteiger partial charge is 0.382 e. The molecule has 92 valence electrons. The van der Waals surface area contributed by atoms with Crippen LogP contribution in [0.2, 0.25) is 0 Å². The second-order valence-corrected chi connectivity index (χ2v) is 5.05.